The van der Waals surface area contributed by atoms with E-state index in [9.17, 15) is 5.11 Å². The molecule has 0 spiro atoms. The maximum absolute atomic E-state index is 9.79. The molecule has 114 valence electrons. The predicted molar refractivity (Wildman–Crippen MR) is 92.7 cm³/mol. The molecule has 0 saturated heterocycles. The van der Waals surface area contributed by atoms with E-state index in [4.69, 9.17) is 0 Å². The summed E-state index contributed by atoms with van der Waals surface area (Å²) in [5, 5.41) is 9.79. The molecule has 3 rings (SSSR count). The van der Waals surface area contributed by atoms with Gasteiger partial charge in [-0.3, -0.25) is 4.99 Å². The molecule has 0 aromatic heterocycles. The first-order chi connectivity index (χ1) is 10.4. The molecule has 0 bridgehead atoms. The van der Waals surface area contributed by atoms with Gasteiger partial charge in [-0.1, -0.05) is 32.0 Å². The van der Waals surface area contributed by atoms with E-state index < -0.39 is 0 Å². The fourth-order valence-corrected chi connectivity index (χ4v) is 3.10. The van der Waals surface area contributed by atoms with Crippen LogP contribution in [0, 0.1) is 0 Å². The number of likely N-dealkylation sites (N-methyl/N-ethyl adjacent to an activating group) is 1. The van der Waals surface area contributed by atoms with Gasteiger partial charge in [0.15, 0.2) is 0 Å². The first-order valence-corrected chi connectivity index (χ1v) is 7.60. The Labute approximate surface area is 131 Å². The summed E-state index contributed by atoms with van der Waals surface area (Å²) >= 11 is 0. The first kappa shape index (κ1) is 14.6. The third kappa shape index (κ3) is 2.27. The zero-order chi connectivity index (χ0) is 15.9. The molecule has 22 heavy (non-hydrogen) atoms. The number of phenolic OH excluding ortho intramolecular Hbond substituents is 1. The molecular weight excluding hydrogens is 272 g/mol. The first-order valence-electron chi connectivity index (χ1n) is 7.60. The van der Waals surface area contributed by atoms with Crippen LogP contribution < -0.4 is 4.90 Å². The highest BCUT2D eigenvalue weighted by Crippen LogP contribution is 2.45. The van der Waals surface area contributed by atoms with Crippen LogP contribution in [0.4, 0.5) is 11.4 Å². The number of para-hydroxylation sites is 1. The molecule has 0 amide bonds. The molecule has 1 heterocycles. The summed E-state index contributed by atoms with van der Waals surface area (Å²) in [4.78, 5) is 6.82. The Morgan fingerprint density at radius 1 is 1.18 bits per heavy atom. The summed E-state index contributed by atoms with van der Waals surface area (Å²) in [7, 11) is 2.13. The summed E-state index contributed by atoms with van der Waals surface area (Å²) in [6, 6.07) is 14.0. The largest absolute Gasteiger partial charge is 0.507 e. The van der Waals surface area contributed by atoms with E-state index in [2.05, 4.69) is 49.8 Å². The molecule has 0 aliphatic carbocycles. The van der Waals surface area contributed by atoms with Crippen LogP contribution in [0.25, 0.3) is 0 Å². The highest BCUT2D eigenvalue weighted by atomic mass is 16.3. The van der Waals surface area contributed by atoms with E-state index in [1.807, 2.05) is 18.2 Å². The molecule has 1 aliphatic heterocycles. The topological polar surface area (TPSA) is 35.8 Å². The van der Waals surface area contributed by atoms with Crippen LogP contribution in [-0.4, -0.2) is 24.4 Å². The van der Waals surface area contributed by atoms with Crippen molar-refractivity contribution in [3.63, 3.8) is 0 Å². The number of hydrogen-bond acceptors (Lipinski definition) is 3. The van der Waals surface area contributed by atoms with Crippen molar-refractivity contribution in [3.8, 4) is 5.75 Å². The second-order valence-electron chi connectivity index (χ2n) is 6.53. The van der Waals surface area contributed by atoms with Crippen molar-refractivity contribution in [1.82, 2.24) is 0 Å². The zero-order valence-electron chi connectivity index (χ0n) is 13.5. The Balaban J connectivity index is 1.95. The average molecular weight is 294 g/mol. The van der Waals surface area contributed by atoms with Crippen LogP contribution in [-0.2, 0) is 5.41 Å². The number of rotatable bonds is 2. The summed E-state index contributed by atoms with van der Waals surface area (Å²) in [5.41, 5.74) is 4.38. The Morgan fingerprint density at radius 2 is 1.91 bits per heavy atom. The van der Waals surface area contributed by atoms with Gasteiger partial charge in [0.25, 0.3) is 0 Å². The zero-order valence-corrected chi connectivity index (χ0v) is 13.5. The van der Waals surface area contributed by atoms with Gasteiger partial charge in [0.05, 0.1) is 5.69 Å². The second kappa shape index (κ2) is 5.16. The minimum Gasteiger partial charge on any atom is -0.507 e. The molecule has 1 unspecified atom stereocenters. The molecule has 1 atom stereocenters. The maximum atomic E-state index is 9.79. The monoisotopic (exact) mass is 294 g/mol. The normalized spacial score (nSPS) is 19.6. The van der Waals surface area contributed by atoms with Crippen LogP contribution in [0.15, 0.2) is 47.5 Å². The van der Waals surface area contributed by atoms with E-state index in [1.165, 1.54) is 11.3 Å². The van der Waals surface area contributed by atoms with Gasteiger partial charge in [0.2, 0.25) is 0 Å². The van der Waals surface area contributed by atoms with Gasteiger partial charge in [-0.15, -0.1) is 0 Å². The van der Waals surface area contributed by atoms with E-state index in [0.717, 1.165) is 11.3 Å². The van der Waals surface area contributed by atoms with Gasteiger partial charge in [0.1, 0.15) is 5.75 Å². The Hall–Kier alpha value is -2.29. The molecule has 2 aromatic rings. The third-order valence-electron chi connectivity index (χ3n) is 4.97. The standard InChI is InChI=1S/C19H22N2O/c1-13-19(2,3)16-10-9-15(11-17(16)21(13)4)20-12-14-7-5-6-8-18(14)22/h5-13,22H,1-4H3. The lowest BCUT2D eigenvalue weighted by molar-refractivity contribution is 0.454. The van der Waals surface area contributed by atoms with Crippen LogP contribution in [0.3, 0.4) is 0 Å². The second-order valence-corrected chi connectivity index (χ2v) is 6.53. The van der Waals surface area contributed by atoms with Crippen molar-refractivity contribution in [3.05, 3.63) is 53.6 Å². The molecule has 0 fully saturated rings. The Morgan fingerprint density at radius 3 is 2.64 bits per heavy atom. The van der Waals surface area contributed by atoms with Gasteiger partial charge < -0.3 is 10.0 Å². The predicted octanol–water partition coefficient (Wildman–Crippen LogP) is 4.26. The molecule has 1 aliphatic rings. The highest BCUT2D eigenvalue weighted by molar-refractivity contribution is 5.85. The molecule has 1 N–H and O–H groups in total. The fourth-order valence-electron chi connectivity index (χ4n) is 3.10. The van der Waals surface area contributed by atoms with Crippen molar-refractivity contribution in [1.29, 1.82) is 0 Å². The SMILES string of the molecule is CC1N(C)c2cc(N=Cc3ccccc3O)ccc2C1(C)C. The van der Waals surface area contributed by atoms with Crippen LogP contribution in [0.5, 0.6) is 5.75 Å². The van der Waals surface area contributed by atoms with E-state index >= 15 is 0 Å². The lowest BCUT2D eigenvalue weighted by Crippen LogP contribution is -2.36. The lowest BCUT2D eigenvalue weighted by atomic mass is 9.81. The van der Waals surface area contributed by atoms with Gasteiger partial charge in [-0.2, -0.15) is 0 Å². The Bertz CT molecular complexity index is 734. The Kier molecular flexibility index (Phi) is 3.44. The number of phenols is 1. The maximum Gasteiger partial charge on any atom is 0.124 e. The fraction of sp³-hybridized carbons (Fsp3) is 0.316. The van der Waals surface area contributed by atoms with Gasteiger partial charge >= 0.3 is 0 Å². The molecule has 0 saturated carbocycles. The van der Waals surface area contributed by atoms with Crippen molar-refractivity contribution < 1.29 is 5.11 Å². The van der Waals surface area contributed by atoms with E-state index in [-0.39, 0.29) is 11.2 Å². The molecular formula is C19H22N2O. The smallest absolute Gasteiger partial charge is 0.124 e. The quantitative estimate of drug-likeness (QED) is 0.840. The number of anilines is 1. The van der Waals surface area contributed by atoms with Gasteiger partial charge in [-0.05, 0) is 36.8 Å². The number of hydrogen-bond donors (Lipinski definition) is 1. The number of fused-ring (bicyclic) bond motifs is 1. The number of aromatic hydroxyl groups is 1. The van der Waals surface area contributed by atoms with Crippen LogP contribution >= 0.6 is 0 Å². The van der Waals surface area contributed by atoms with Gasteiger partial charge in [0, 0.05) is 36.0 Å². The van der Waals surface area contributed by atoms with E-state index in [1.54, 1.807) is 18.3 Å². The number of aliphatic imine (C=N–C) groups is 1. The van der Waals surface area contributed by atoms with Crippen molar-refractivity contribution in [2.45, 2.75) is 32.2 Å². The molecule has 3 nitrogen and oxygen atoms in total. The van der Waals surface area contributed by atoms with Gasteiger partial charge in [-0.25, -0.2) is 0 Å². The van der Waals surface area contributed by atoms with Crippen LogP contribution in [0.2, 0.25) is 0 Å². The highest BCUT2D eigenvalue weighted by Gasteiger charge is 2.39. The molecule has 2 aromatic carbocycles. The van der Waals surface area contributed by atoms with Crippen LogP contribution in [0.1, 0.15) is 31.9 Å². The summed E-state index contributed by atoms with van der Waals surface area (Å²) in [5.74, 6) is 0.249. The minimum absolute atomic E-state index is 0.143. The lowest BCUT2D eigenvalue weighted by Gasteiger charge is -2.28. The average Bonchev–Trinajstić information content (AvgIpc) is 2.67. The number of benzene rings is 2. The number of nitrogens with zero attached hydrogens (tertiary/aromatic N) is 2. The summed E-state index contributed by atoms with van der Waals surface area (Å²) in [6.45, 7) is 6.82. The van der Waals surface area contributed by atoms with Crippen molar-refractivity contribution >= 4 is 17.6 Å². The summed E-state index contributed by atoms with van der Waals surface area (Å²) < 4.78 is 0. The molecule has 3 heteroatoms. The molecule has 0 radical (unpaired) electrons. The summed E-state index contributed by atoms with van der Waals surface area (Å²) in [6.07, 6.45) is 1.71. The van der Waals surface area contributed by atoms with E-state index in [0.29, 0.717) is 6.04 Å². The van der Waals surface area contributed by atoms with Crippen molar-refractivity contribution in [2.75, 3.05) is 11.9 Å². The minimum atomic E-state index is 0.143. The van der Waals surface area contributed by atoms with Crippen molar-refractivity contribution in [2.24, 2.45) is 4.99 Å². The third-order valence-corrected chi connectivity index (χ3v) is 4.97.